The normalized spacial score (nSPS) is 9.72. The molecule has 0 unspecified atom stereocenters. The minimum absolute atomic E-state index is 0.0787. The van der Waals surface area contributed by atoms with Crippen molar-refractivity contribution in [3.63, 3.8) is 0 Å². The number of benzene rings is 2. The molecule has 0 bridgehead atoms. The van der Waals surface area contributed by atoms with Gasteiger partial charge in [0, 0.05) is 17.7 Å². The number of nitro groups is 1. The fraction of sp³-hybridized carbons (Fsp3) is 0.118. The van der Waals surface area contributed by atoms with Crippen LogP contribution < -0.4 is 4.74 Å². The Morgan fingerprint density at radius 2 is 1.84 bits per heavy atom. The predicted molar refractivity (Wildman–Crippen MR) is 85.0 cm³/mol. The number of nitro benzene ring substituents is 1. The third-order valence-corrected chi connectivity index (χ3v) is 3.08. The van der Waals surface area contributed by atoms with E-state index in [2.05, 4.69) is 0 Å². The number of nitriles is 1. The number of ketones is 1. The van der Waals surface area contributed by atoms with Gasteiger partial charge in [-0.25, -0.2) is 4.79 Å². The van der Waals surface area contributed by atoms with Crippen molar-refractivity contribution >= 4 is 17.4 Å². The van der Waals surface area contributed by atoms with Gasteiger partial charge in [0.1, 0.15) is 5.75 Å². The maximum atomic E-state index is 11.9. The van der Waals surface area contributed by atoms with Crippen molar-refractivity contribution in [2.75, 3.05) is 13.2 Å². The lowest BCUT2D eigenvalue weighted by Gasteiger charge is -2.07. The lowest BCUT2D eigenvalue weighted by atomic mass is 10.1. The highest BCUT2D eigenvalue weighted by Crippen LogP contribution is 2.14. The fourth-order valence-electron chi connectivity index (χ4n) is 1.83. The van der Waals surface area contributed by atoms with E-state index in [1.807, 2.05) is 6.07 Å². The Morgan fingerprint density at radius 1 is 1.12 bits per heavy atom. The Kier molecular flexibility index (Phi) is 5.79. The van der Waals surface area contributed by atoms with E-state index in [0.29, 0.717) is 11.3 Å². The standard InChI is InChI=1S/C17H12N2O6/c18-9-12-4-6-15(7-5-12)24-11-17(21)25-10-16(20)13-2-1-3-14(8-13)19(22)23/h1-8H,10-11H2. The number of hydrogen-bond donors (Lipinski definition) is 0. The highest BCUT2D eigenvalue weighted by molar-refractivity contribution is 5.98. The van der Waals surface area contributed by atoms with Crippen molar-refractivity contribution in [1.29, 1.82) is 5.26 Å². The SMILES string of the molecule is N#Cc1ccc(OCC(=O)OCC(=O)c2cccc([N+](=O)[O-])c2)cc1. The summed E-state index contributed by atoms with van der Waals surface area (Å²) >= 11 is 0. The number of nitrogens with zero attached hydrogens (tertiary/aromatic N) is 2. The van der Waals surface area contributed by atoms with Crippen molar-refractivity contribution in [2.45, 2.75) is 0 Å². The molecule has 0 saturated carbocycles. The Labute approximate surface area is 142 Å². The van der Waals surface area contributed by atoms with E-state index in [-0.39, 0.29) is 11.3 Å². The number of carbonyl (C=O) groups excluding carboxylic acids is 2. The van der Waals surface area contributed by atoms with Crippen LogP contribution in [0.25, 0.3) is 0 Å². The van der Waals surface area contributed by atoms with Gasteiger partial charge < -0.3 is 9.47 Å². The Hall–Kier alpha value is -3.73. The Balaban J connectivity index is 1.83. The van der Waals surface area contributed by atoms with Crippen LogP contribution in [0.3, 0.4) is 0 Å². The maximum absolute atomic E-state index is 11.9. The summed E-state index contributed by atoms with van der Waals surface area (Å²) in [6, 6.07) is 13.2. The third kappa shape index (κ3) is 5.14. The minimum atomic E-state index is -0.761. The smallest absolute Gasteiger partial charge is 0.344 e. The summed E-state index contributed by atoms with van der Waals surface area (Å²) in [6.07, 6.45) is 0. The van der Waals surface area contributed by atoms with E-state index in [9.17, 15) is 19.7 Å². The molecule has 0 N–H and O–H groups in total. The van der Waals surface area contributed by atoms with Crippen LogP contribution in [0.15, 0.2) is 48.5 Å². The number of Topliss-reactive ketones (excluding diaryl/α,β-unsaturated/α-hetero) is 1. The lowest BCUT2D eigenvalue weighted by molar-refractivity contribution is -0.384. The molecular formula is C17H12N2O6. The van der Waals surface area contributed by atoms with Gasteiger partial charge in [-0.3, -0.25) is 14.9 Å². The van der Waals surface area contributed by atoms with E-state index < -0.39 is 29.9 Å². The van der Waals surface area contributed by atoms with Crippen LogP contribution >= 0.6 is 0 Å². The summed E-state index contributed by atoms with van der Waals surface area (Å²) in [5, 5.41) is 19.4. The van der Waals surface area contributed by atoms with Gasteiger partial charge in [-0.2, -0.15) is 5.26 Å². The van der Waals surface area contributed by atoms with E-state index in [1.165, 1.54) is 42.5 Å². The molecule has 0 saturated heterocycles. The van der Waals surface area contributed by atoms with Gasteiger partial charge in [0.05, 0.1) is 16.6 Å². The number of hydrogen-bond acceptors (Lipinski definition) is 7. The molecule has 25 heavy (non-hydrogen) atoms. The largest absolute Gasteiger partial charge is 0.482 e. The fourth-order valence-corrected chi connectivity index (χ4v) is 1.83. The van der Waals surface area contributed by atoms with Gasteiger partial charge >= 0.3 is 5.97 Å². The van der Waals surface area contributed by atoms with Crippen LogP contribution in [0, 0.1) is 21.4 Å². The monoisotopic (exact) mass is 340 g/mol. The van der Waals surface area contributed by atoms with Gasteiger partial charge in [0.2, 0.25) is 5.78 Å². The zero-order chi connectivity index (χ0) is 18.2. The Morgan fingerprint density at radius 3 is 2.48 bits per heavy atom. The summed E-state index contributed by atoms with van der Waals surface area (Å²) in [5.74, 6) is -0.945. The highest BCUT2D eigenvalue weighted by atomic mass is 16.6. The first-order valence-electron chi connectivity index (χ1n) is 7.06. The van der Waals surface area contributed by atoms with Gasteiger partial charge in [-0.05, 0) is 24.3 Å². The summed E-state index contributed by atoms with van der Waals surface area (Å²) in [5.41, 5.74) is 0.314. The molecule has 2 aromatic rings. The molecule has 0 aliphatic rings. The summed E-state index contributed by atoms with van der Waals surface area (Å²) in [7, 11) is 0. The van der Waals surface area contributed by atoms with Crippen molar-refractivity contribution in [1.82, 2.24) is 0 Å². The number of carbonyl (C=O) groups is 2. The van der Waals surface area contributed by atoms with Gasteiger partial charge in [0.15, 0.2) is 13.2 Å². The molecule has 0 aliphatic heterocycles. The molecule has 0 atom stereocenters. The summed E-state index contributed by atoms with van der Waals surface area (Å²) < 4.78 is 9.96. The number of rotatable bonds is 7. The predicted octanol–water partition coefficient (Wildman–Crippen LogP) is 2.27. The molecule has 0 amide bonds. The van der Waals surface area contributed by atoms with Gasteiger partial charge in [-0.15, -0.1) is 0 Å². The quantitative estimate of drug-likeness (QED) is 0.328. The van der Waals surface area contributed by atoms with E-state index in [0.717, 1.165) is 6.07 Å². The first-order chi connectivity index (χ1) is 12.0. The third-order valence-electron chi connectivity index (χ3n) is 3.08. The number of ether oxygens (including phenoxy) is 2. The number of esters is 1. The topological polar surface area (TPSA) is 120 Å². The van der Waals surface area contributed by atoms with Crippen LogP contribution in [0.1, 0.15) is 15.9 Å². The summed E-state index contributed by atoms with van der Waals surface area (Å²) in [4.78, 5) is 33.5. The van der Waals surface area contributed by atoms with E-state index >= 15 is 0 Å². The second-order valence-corrected chi connectivity index (χ2v) is 4.82. The second-order valence-electron chi connectivity index (χ2n) is 4.82. The molecular weight excluding hydrogens is 328 g/mol. The van der Waals surface area contributed by atoms with Crippen LogP contribution in [0.4, 0.5) is 5.69 Å². The molecule has 8 heteroatoms. The lowest BCUT2D eigenvalue weighted by Crippen LogP contribution is -2.19. The summed E-state index contributed by atoms with van der Waals surface area (Å²) in [6.45, 7) is -0.954. The molecule has 0 aromatic heterocycles. The minimum Gasteiger partial charge on any atom is -0.482 e. The van der Waals surface area contributed by atoms with Crippen molar-refractivity contribution in [3.8, 4) is 11.8 Å². The van der Waals surface area contributed by atoms with Crippen LogP contribution in [0.2, 0.25) is 0 Å². The molecule has 2 rings (SSSR count). The van der Waals surface area contributed by atoms with Gasteiger partial charge in [-0.1, -0.05) is 12.1 Å². The zero-order valence-electron chi connectivity index (χ0n) is 12.9. The molecule has 0 radical (unpaired) electrons. The second kappa shape index (κ2) is 8.21. The zero-order valence-corrected chi connectivity index (χ0v) is 12.9. The average Bonchev–Trinajstić information content (AvgIpc) is 2.64. The van der Waals surface area contributed by atoms with Crippen molar-refractivity contribution in [2.24, 2.45) is 0 Å². The Bertz CT molecular complexity index is 839. The molecule has 0 aliphatic carbocycles. The molecule has 0 spiro atoms. The van der Waals surface area contributed by atoms with E-state index in [1.54, 1.807) is 0 Å². The van der Waals surface area contributed by atoms with Crippen molar-refractivity contribution < 1.29 is 24.0 Å². The maximum Gasteiger partial charge on any atom is 0.344 e. The molecule has 0 heterocycles. The number of non-ortho nitro benzene ring substituents is 1. The average molecular weight is 340 g/mol. The van der Waals surface area contributed by atoms with E-state index in [4.69, 9.17) is 14.7 Å². The molecule has 126 valence electrons. The van der Waals surface area contributed by atoms with Crippen LogP contribution in [-0.2, 0) is 9.53 Å². The highest BCUT2D eigenvalue weighted by Gasteiger charge is 2.14. The first kappa shape index (κ1) is 17.6. The molecule has 8 nitrogen and oxygen atoms in total. The first-order valence-corrected chi connectivity index (χ1v) is 7.06. The van der Waals surface area contributed by atoms with Crippen LogP contribution in [0.5, 0.6) is 5.75 Å². The van der Waals surface area contributed by atoms with Crippen molar-refractivity contribution in [3.05, 3.63) is 69.8 Å². The van der Waals surface area contributed by atoms with Gasteiger partial charge in [0.25, 0.3) is 5.69 Å². The molecule has 0 fully saturated rings. The van der Waals surface area contributed by atoms with Crippen LogP contribution in [-0.4, -0.2) is 29.9 Å². The molecule has 2 aromatic carbocycles.